The Labute approximate surface area is 101 Å². The van der Waals surface area contributed by atoms with Crippen LogP contribution in [0.15, 0.2) is 23.5 Å². The number of ketones is 1. The quantitative estimate of drug-likeness (QED) is 0.820. The smallest absolute Gasteiger partial charge is 0.449 e. The molecule has 1 aromatic rings. The van der Waals surface area contributed by atoms with E-state index in [-0.39, 0.29) is 11.7 Å². The maximum Gasteiger partial charge on any atom is 0.513 e. The van der Waals surface area contributed by atoms with Crippen molar-refractivity contribution in [2.75, 3.05) is 0 Å². The molecule has 0 saturated heterocycles. The summed E-state index contributed by atoms with van der Waals surface area (Å²) in [5, 5.41) is 10.3. The lowest BCUT2D eigenvalue weighted by Gasteiger charge is -2.21. The SMILES string of the molecule is Cc1cc(C2(C)OC(OC(=O)O)=CC2=O)cs1. The maximum absolute atomic E-state index is 11.8. The van der Waals surface area contributed by atoms with E-state index in [1.807, 2.05) is 18.4 Å². The Balaban J connectivity index is 2.25. The second-order valence-corrected chi connectivity index (χ2v) is 4.89. The Morgan fingerprint density at radius 2 is 2.29 bits per heavy atom. The third kappa shape index (κ3) is 2.03. The zero-order valence-electron chi connectivity index (χ0n) is 9.22. The minimum Gasteiger partial charge on any atom is -0.449 e. The van der Waals surface area contributed by atoms with Crippen LogP contribution >= 0.6 is 11.3 Å². The van der Waals surface area contributed by atoms with E-state index in [1.54, 1.807) is 6.92 Å². The first-order valence-corrected chi connectivity index (χ1v) is 5.71. The Morgan fingerprint density at radius 1 is 1.59 bits per heavy atom. The monoisotopic (exact) mass is 254 g/mol. The number of hydrogen-bond donors (Lipinski definition) is 1. The van der Waals surface area contributed by atoms with Gasteiger partial charge in [-0.25, -0.2) is 4.79 Å². The van der Waals surface area contributed by atoms with Crippen molar-refractivity contribution in [1.82, 2.24) is 0 Å². The third-order valence-corrected chi connectivity index (χ3v) is 3.35. The van der Waals surface area contributed by atoms with E-state index >= 15 is 0 Å². The van der Waals surface area contributed by atoms with E-state index < -0.39 is 11.8 Å². The van der Waals surface area contributed by atoms with Crippen molar-refractivity contribution in [2.45, 2.75) is 19.4 Å². The van der Waals surface area contributed by atoms with Gasteiger partial charge in [0.2, 0.25) is 5.78 Å². The highest BCUT2D eigenvalue weighted by atomic mass is 32.1. The number of carbonyl (C=O) groups excluding carboxylic acids is 1. The summed E-state index contributed by atoms with van der Waals surface area (Å²) in [6.07, 6.45) is -0.448. The fourth-order valence-electron chi connectivity index (χ4n) is 1.56. The lowest BCUT2D eigenvalue weighted by atomic mass is 9.95. The Hall–Kier alpha value is -1.82. The number of carbonyl (C=O) groups is 2. The highest BCUT2D eigenvalue weighted by Gasteiger charge is 2.43. The average molecular weight is 254 g/mol. The number of ether oxygens (including phenoxy) is 2. The zero-order valence-corrected chi connectivity index (χ0v) is 10.0. The van der Waals surface area contributed by atoms with Crippen molar-refractivity contribution in [3.8, 4) is 0 Å². The van der Waals surface area contributed by atoms with Gasteiger partial charge in [0.05, 0.1) is 6.08 Å². The lowest BCUT2D eigenvalue weighted by molar-refractivity contribution is -0.132. The van der Waals surface area contributed by atoms with Crippen LogP contribution in [0.2, 0.25) is 0 Å². The van der Waals surface area contributed by atoms with Gasteiger partial charge in [-0.05, 0) is 25.3 Å². The van der Waals surface area contributed by atoms with Crippen molar-refractivity contribution in [2.24, 2.45) is 0 Å². The molecular weight excluding hydrogens is 244 g/mol. The summed E-state index contributed by atoms with van der Waals surface area (Å²) in [6, 6.07) is 1.83. The van der Waals surface area contributed by atoms with Crippen LogP contribution in [-0.2, 0) is 19.9 Å². The van der Waals surface area contributed by atoms with E-state index in [4.69, 9.17) is 9.84 Å². The normalized spacial score (nSPS) is 23.2. The summed E-state index contributed by atoms with van der Waals surface area (Å²) in [5.74, 6) is -0.611. The van der Waals surface area contributed by atoms with Crippen LogP contribution in [0.25, 0.3) is 0 Å². The fraction of sp³-hybridized carbons (Fsp3) is 0.273. The van der Waals surface area contributed by atoms with E-state index in [2.05, 4.69) is 4.74 Å². The third-order valence-electron chi connectivity index (χ3n) is 2.49. The Morgan fingerprint density at radius 3 is 2.82 bits per heavy atom. The first-order chi connectivity index (χ1) is 7.91. The summed E-state index contributed by atoms with van der Waals surface area (Å²) >= 11 is 1.49. The lowest BCUT2D eigenvalue weighted by Crippen LogP contribution is -2.29. The van der Waals surface area contributed by atoms with Gasteiger partial charge in [-0.1, -0.05) is 0 Å². The standard InChI is InChI=1S/C11H10O5S/c1-6-3-7(5-17-6)11(2)8(12)4-9(16-11)15-10(13)14/h3-5H,1-2H3,(H,13,14). The number of hydrogen-bond acceptors (Lipinski definition) is 5. The highest BCUT2D eigenvalue weighted by molar-refractivity contribution is 7.10. The molecule has 5 nitrogen and oxygen atoms in total. The molecule has 0 amide bonds. The highest BCUT2D eigenvalue weighted by Crippen LogP contribution is 2.37. The molecule has 2 heterocycles. The largest absolute Gasteiger partial charge is 0.513 e. The topological polar surface area (TPSA) is 72.8 Å². The predicted molar refractivity (Wildman–Crippen MR) is 59.7 cm³/mol. The minimum atomic E-state index is -1.50. The molecule has 90 valence electrons. The second kappa shape index (κ2) is 3.89. The minimum absolute atomic E-state index is 0.283. The Bertz CT molecular complexity index is 516. The molecular formula is C11H10O5S. The molecule has 2 rings (SSSR count). The Kier molecular flexibility index (Phi) is 2.66. The molecule has 1 unspecified atom stereocenters. The van der Waals surface area contributed by atoms with Crippen molar-refractivity contribution in [3.63, 3.8) is 0 Å². The van der Waals surface area contributed by atoms with E-state index in [0.717, 1.165) is 11.0 Å². The molecule has 1 atom stereocenters. The summed E-state index contributed by atoms with van der Waals surface area (Å²) in [6.45, 7) is 3.50. The van der Waals surface area contributed by atoms with Gasteiger partial charge in [0.25, 0.3) is 5.95 Å². The summed E-state index contributed by atoms with van der Waals surface area (Å²) in [4.78, 5) is 23.2. The molecule has 17 heavy (non-hydrogen) atoms. The molecule has 1 aliphatic heterocycles. The number of rotatable bonds is 2. The van der Waals surface area contributed by atoms with Crippen LogP contribution in [0.4, 0.5) is 4.79 Å². The van der Waals surface area contributed by atoms with Crippen LogP contribution in [0, 0.1) is 6.92 Å². The molecule has 1 N–H and O–H groups in total. The van der Waals surface area contributed by atoms with Crippen molar-refractivity contribution in [1.29, 1.82) is 0 Å². The summed E-state index contributed by atoms with van der Waals surface area (Å²) < 4.78 is 9.63. The van der Waals surface area contributed by atoms with Crippen LogP contribution in [0.3, 0.4) is 0 Å². The molecule has 0 bridgehead atoms. The van der Waals surface area contributed by atoms with Gasteiger partial charge in [-0.3, -0.25) is 4.79 Å². The van der Waals surface area contributed by atoms with Gasteiger partial charge in [0, 0.05) is 10.4 Å². The van der Waals surface area contributed by atoms with Crippen LogP contribution in [0.5, 0.6) is 0 Å². The van der Waals surface area contributed by atoms with Gasteiger partial charge in [-0.2, -0.15) is 0 Å². The van der Waals surface area contributed by atoms with E-state index in [1.165, 1.54) is 11.3 Å². The molecule has 0 radical (unpaired) electrons. The van der Waals surface area contributed by atoms with Gasteiger partial charge >= 0.3 is 6.16 Å². The number of carboxylic acid groups (broad SMARTS) is 1. The molecule has 0 fully saturated rings. The van der Waals surface area contributed by atoms with Gasteiger partial charge < -0.3 is 14.6 Å². The van der Waals surface area contributed by atoms with Crippen LogP contribution in [-0.4, -0.2) is 17.0 Å². The van der Waals surface area contributed by atoms with Crippen LogP contribution in [0.1, 0.15) is 17.4 Å². The molecule has 6 heteroatoms. The number of aryl methyl sites for hydroxylation is 1. The first kappa shape index (κ1) is 11.7. The average Bonchev–Trinajstić information content (AvgIpc) is 2.73. The predicted octanol–water partition coefficient (Wildman–Crippen LogP) is 2.41. The van der Waals surface area contributed by atoms with Crippen molar-refractivity contribution >= 4 is 23.3 Å². The fourth-order valence-corrected chi connectivity index (χ4v) is 2.36. The molecule has 0 aromatic carbocycles. The first-order valence-electron chi connectivity index (χ1n) is 4.83. The summed E-state index contributed by atoms with van der Waals surface area (Å²) in [7, 11) is 0. The summed E-state index contributed by atoms with van der Waals surface area (Å²) in [5.41, 5.74) is -0.486. The molecule has 1 aliphatic rings. The molecule has 1 aromatic heterocycles. The van der Waals surface area contributed by atoms with E-state index in [0.29, 0.717) is 5.56 Å². The zero-order chi connectivity index (χ0) is 12.6. The van der Waals surface area contributed by atoms with Gasteiger partial charge in [-0.15, -0.1) is 11.3 Å². The van der Waals surface area contributed by atoms with Crippen molar-refractivity contribution in [3.05, 3.63) is 33.9 Å². The molecule has 0 saturated carbocycles. The van der Waals surface area contributed by atoms with E-state index in [9.17, 15) is 9.59 Å². The van der Waals surface area contributed by atoms with Gasteiger partial charge in [0.1, 0.15) is 0 Å². The molecule has 0 aliphatic carbocycles. The maximum atomic E-state index is 11.8. The molecule has 0 spiro atoms. The van der Waals surface area contributed by atoms with Gasteiger partial charge in [0.15, 0.2) is 5.60 Å². The van der Waals surface area contributed by atoms with Crippen LogP contribution < -0.4 is 0 Å². The number of thiophene rings is 1. The second-order valence-electron chi connectivity index (χ2n) is 3.78. The van der Waals surface area contributed by atoms with Crippen molar-refractivity contribution < 1.29 is 24.2 Å².